The summed E-state index contributed by atoms with van der Waals surface area (Å²) >= 11 is 0. The largest absolute Gasteiger partial charge is 0.468 e. The summed E-state index contributed by atoms with van der Waals surface area (Å²) in [7, 11) is 1.48. The fourth-order valence-corrected chi connectivity index (χ4v) is 3.38. The molecular formula is C14H27N3O2. The van der Waals surface area contributed by atoms with Crippen molar-refractivity contribution >= 4 is 5.97 Å². The Morgan fingerprint density at radius 2 is 2.05 bits per heavy atom. The van der Waals surface area contributed by atoms with Crippen LogP contribution in [0, 0.1) is 0 Å². The van der Waals surface area contributed by atoms with E-state index in [4.69, 9.17) is 4.74 Å². The molecule has 0 aromatic rings. The number of nitrogens with zero attached hydrogens (tertiary/aromatic N) is 1. The van der Waals surface area contributed by atoms with Gasteiger partial charge in [-0.05, 0) is 19.8 Å². The molecule has 1 saturated heterocycles. The van der Waals surface area contributed by atoms with Crippen molar-refractivity contribution in [3.05, 3.63) is 0 Å². The van der Waals surface area contributed by atoms with Gasteiger partial charge in [-0.25, -0.2) is 0 Å². The van der Waals surface area contributed by atoms with Crippen LogP contribution in [-0.2, 0) is 9.53 Å². The van der Waals surface area contributed by atoms with Crippen LogP contribution < -0.4 is 10.6 Å². The summed E-state index contributed by atoms with van der Waals surface area (Å²) in [6.07, 6.45) is 4.96. The highest BCUT2D eigenvalue weighted by Crippen LogP contribution is 2.25. The molecule has 19 heavy (non-hydrogen) atoms. The first-order valence-electron chi connectivity index (χ1n) is 7.51. The van der Waals surface area contributed by atoms with Crippen molar-refractivity contribution in [2.45, 2.75) is 50.7 Å². The SMILES string of the molecule is COC(=O)C(C)N1CCNCCNC2CCCCC21. The van der Waals surface area contributed by atoms with E-state index in [1.807, 2.05) is 6.92 Å². The molecule has 5 heteroatoms. The van der Waals surface area contributed by atoms with Crippen molar-refractivity contribution in [1.82, 2.24) is 15.5 Å². The number of hydrogen-bond donors (Lipinski definition) is 2. The number of carbonyl (C=O) groups is 1. The van der Waals surface area contributed by atoms with Crippen molar-refractivity contribution in [3.8, 4) is 0 Å². The van der Waals surface area contributed by atoms with Crippen LogP contribution >= 0.6 is 0 Å². The maximum atomic E-state index is 11.9. The molecule has 1 aliphatic carbocycles. The second-order valence-electron chi connectivity index (χ2n) is 5.60. The molecule has 3 unspecified atom stereocenters. The van der Waals surface area contributed by atoms with Crippen LogP contribution in [0.15, 0.2) is 0 Å². The highest BCUT2D eigenvalue weighted by molar-refractivity contribution is 5.75. The van der Waals surface area contributed by atoms with Gasteiger partial charge < -0.3 is 15.4 Å². The lowest BCUT2D eigenvalue weighted by Crippen LogP contribution is -2.56. The molecule has 0 aromatic heterocycles. The van der Waals surface area contributed by atoms with Crippen molar-refractivity contribution in [3.63, 3.8) is 0 Å². The van der Waals surface area contributed by atoms with Gasteiger partial charge in [0.15, 0.2) is 0 Å². The molecule has 0 bridgehead atoms. The fraction of sp³-hybridized carbons (Fsp3) is 0.929. The van der Waals surface area contributed by atoms with Crippen LogP contribution in [0.5, 0.6) is 0 Å². The molecule has 0 amide bonds. The molecule has 2 N–H and O–H groups in total. The first-order valence-corrected chi connectivity index (χ1v) is 7.51. The lowest BCUT2D eigenvalue weighted by atomic mass is 9.88. The van der Waals surface area contributed by atoms with Crippen molar-refractivity contribution in [2.75, 3.05) is 33.3 Å². The molecule has 1 saturated carbocycles. The predicted molar refractivity (Wildman–Crippen MR) is 75.1 cm³/mol. The summed E-state index contributed by atoms with van der Waals surface area (Å²) in [4.78, 5) is 14.2. The van der Waals surface area contributed by atoms with E-state index in [1.54, 1.807) is 0 Å². The number of methoxy groups -OCH3 is 1. The van der Waals surface area contributed by atoms with Gasteiger partial charge in [0.2, 0.25) is 0 Å². The van der Waals surface area contributed by atoms with Gasteiger partial charge >= 0.3 is 5.97 Å². The lowest BCUT2D eigenvalue weighted by molar-refractivity contribution is -0.147. The zero-order chi connectivity index (χ0) is 13.7. The van der Waals surface area contributed by atoms with Gasteiger partial charge in [0.25, 0.3) is 0 Å². The van der Waals surface area contributed by atoms with E-state index in [0.29, 0.717) is 12.1 Å². The topological polar surface area (TPSA) is 53.6 Å². The molecule has 0 radical (unpaired) electrons. The van der Waals surface area contributed by atoms with Crippen molar-refractivity contribution in [1.29, 1.82) is 0 Å². The van der Waals surface area contributed by atoms with Crippen LogP contribution in [-0.4, -0.2) is 62.3 Å². The van der Waals surface area contributed by atoms with Gasteiger partial charge in [-0.1, -0.05) is 12.8 Å². The zero-order valence-corrected chi connectivity index (χ0v) is 12.2. The molecule has 3 atom stereocenters. The molecule has 0 aromatic carbocycles. The molecule has 2 fully saturated rings. The number of fused-ring (bicyclic) bond motifs is 1. The number of nitrogens with one attached hydrogen (secondary N) is 2. The number of hydrogen-bond acceptors (Lipinski definition) is 5. The average Bonchev–Trinajstić information content (AvgIpc) is 2.55. The summed E-state index contributed by atoms with van der Waals surface area (Å²) in [6.45, 7) is 5.84. The smallest absolute Gasteiger partial charge is 0.322 e. The summed E-state index contributed by atoms with van der Waals surface area (Å²) in [6, 6.07) is 0.820. The number of rotatable bonds is 2. The van der Waals surface area contributed by atoms with Crippen LogP contribution in [0.2, 0.25) is 0 Å². The second kappa shape index (κ2) is 7.22. The summed E-state index contributed by atoms with van der Waals surface area (Å²) in [5.41, 5.74) is 0. The first-order chi connectivity index (χ1) is 9.24. The first kappa shape index (κ1) is 14.8. The average molecular weight is 269 g/mol. The molecule has 1 heterocycles. The Kier molecular flexibility index (Phi) is 5.60. The predicted octanol–water partition coefficient (Wildman–Crippen LogP) is 0.354. The molecule has 110 valence electrons. The van der Waals surface area contributed by atoms with Gasteiger partial charge in [0.1, 0.15) is 6.04 Å². The Morgan fingerprint density at radius 3 is 2.84 bits per heavy atom. The van der Waals surface area contributed by atoms with Gasteiger partial charge in [-0.3, -0.25) is 9.69 Å². The maximum Gasteiger partial charge on any atom is 0.322 e. The van der Waals surface area contributed by atoms with E-state index in [-0.39, 0.29) is 12.0 Å². The molecule has 2 aliphatic rings. The molecule has 2 rings (SSSR count). The Hall–Kier alpha value is -0.650. The normalized spacial score (nSPS) is 31.5. The van der Waals surface area contributed by atoms with Crippen molar-refractivity contribution < 1.29 is 9.53 Å². The van der Waals surface area contributed by atoms with E-state index < -0.39 is 0 Å². The van der Waals surface area contributed by atoms with E-state index in [0.717, 1.165) is 26.2 Å². The standard InChI is InChI=1S/C14H27N3O2/c1-11(14(18)19-2)17-10-9-15-7-8-16-12-5-3-4-6-13(12)17/h11-13,15-16H,3-10H2,1-2H3. The number of carbonyl (C=O) groups excluding carboxylic acids is 1. The Labute approximate surface area is 116 Å². The lowest BCUT2D eigenvalue weighted by Gasteiger charge is -2.42. The Balaban J connectivity index is 2.12. The van der Waals surface area contributed by atoms with E-state index in [9.17, 15) is 4.79 Å². The Morgan fingerprint density at radius 1 is 1.26 bits per heavy atom. The summed E-state index contributed by atoms with van der Waals surface area (Å²) < 4.78 is 4.93. The molecule has 0 spiro atoms. The van der Waals surface area contributed by atoms with E-state index in [1.165, 1.54) is 32.8 Å². The molecule has 5 nitrogen and oxygen atoms in total. The van der Waals surface area contributed by atoms with Crippen LogP contribution in [0.4, 0.5) is 0 Å². The third kappa shape index (κ3) is 3.68. The molecule has 1 aliphatic heterocycles. The Bertz CT molecular complexity index is 298. The monoisotopic (exact) mass is 269 g/mol. The van der Waals surface area contributed by atoms with Crippen LogP contribution in [0.25, 0.3) is 0 Å². The van der Waals surface area contributed by atoms with Gasteiger partial charge in [-0.15, -0.1) is 0 Å². The van der Waals surface area contributed by atoms with Gasteiger partial charge in [-0.2, -0.15) is 0 Å². The highest BCUT2D eigenvalue weighted by atomic mass is 16.5. The summed E-state index contributed by atoms with van der Waals surface area (Å²) in [5.74, 6) is -0.122. The third-order valence-corrected chi connectivity index (χ3v) is 4.45. The van der Waals surface area contributed by atoms with Crippen molar-refractivity contribution in [2.24, 2.45) is 0 Å². The van der Waals surface area contributed by atoms with Gasteiger partial charge in [0, 0.05) is 38.3 Å². The summed E-state index contributed by atoms with van der Waals surface area (Å²) in [5, 5.41) is 7.07. The van der Waals surface area contributed by atoms with Gasteiger partial charge in [0.05, 0.1) is 7.11 Å². The third-order valence-electron chi connectivity index (χ3n) is 4.45. The second-order valence-corrected chi connectivity index (χ2v) is 5.60. The van der Waals surface area contributed by atoms with Crippen LogP contribution in [0.3, 0.4) is 0 Å². The minimum Gasteiger partial charge on any atom is -0.468 e. The molecular weight excluding hydrogens is 242 g/mol. The van der Waals surface area contributed by atoms with E-state index >= 15 is 0 Å². The maximum absolute atomic E-state index is 11.9. The number of ether oxygens (including phenoxy) is 1. The van der Waals surface area contributed by atoms with Crippen LogP contribution in [0.1, 0.15) is 32.6 Å². The highest BCUT2D eigenvalue weighted by Gasteiger charge is 2.35. The van der Waals surface area contributed by atoms with E-state index in [2.05, 4.69) is 15.5 Å². The minimum absolute atomic E-state index is 0.122. The quantitative estimate of drug-likeness (QED) is 0.709. The fourth-order valence-electron chi connectivity index (χ4n) is 3.38. The number of esters is 1. The zero-order valence-electron chi connectivity index (χ0n) is 12.2. The minimum atomic E-state index is -0.155.